The molecule has 1 aromatic rings. The van der Waals surface area contributed by atoms with Crippen LogP contribution in [-0.2, 0) is 6.42 Å². The highest BCUT2D eigenvalue weighted by Crippen LogP contribution is 2.15. The van der Waals surface area contributed by atoms with Crippen LogP contribution in [-0.4, -0.2) is 17.2 Å². The fraction of sp³-hybridized carbons (Fsp3) is 0.200. The van der Waals surface area contributed by atoms with Gasteiger partial charge < -0.3 is 5.32 Å². The van der Waals surface area contributed by atoms with Gasteiger partial charge in [0.15, 0.2) is 0 Å². The van der Waals surface area contributed by atoms with Gasteiger partial charge in [-0.2, -0.15) is 10.2 Å². The average molecular weight is 173 g/mol. The van der Waals surface area contributed by atoms with Gasteiger partial charge in [0, 0.05) is 19.2 Å². The molecule has 2 rings (SSSR count). The van der Waals surface area contributed by atoms with Crippen LogP contribution in [0.1, 0.15) is 11.1 Å². The van der Waals surface area contributed by atoms with Gasteiger partial charge in [0.1, 0.15) is 0 Å². The molecular formula is C10H11N3. The molecule has 1 aromatic heterocycles. The van der Waals surface area contributed by atoms with E-state index in [0.29, 0.717) is 0 Å². The second kappa shape index (κ2) is 3.39. The number of nitrogens with one attached hydrogen (secondary N) is 1. The molecule has 0 bridgehead atoms. The molecule has 0 saturated heterocycles. The van der Waals surface area contributed by atoms with Crippen LogP contribution in [0.15, 0.2) is 30.2 Å². The number of allylic oxidation sites excluding steroid dienone is 3. The summed E-state index contributed by atoms with van der Waals surface area (Å²) in [5.74, 6) is 0. The normalized spacial score (nSPS) is 14.4. The molecule has 0 aliphatic heterocycles. The molecule has 3 nitrogen and oxygen atoms in total. The number of rotatable bonds is 1. The van der Waals surface area contributed by atoms with Crippen LogP contribution < -0.4 is 5.32 Å². The lowest BCUT2D eigenvalue weighted by Gasteiger charge is -2.05. The summed E-state index contributed by atoms with van der Waals surface area (Å²) in [4.78, 5) is 0. The van der Waals surface area contributed by atoms with E-state index in [0.717, 1.165) is 12.0 Å². The molecule has 0 unspecified atom stereocenters. The first-order valence-electron chi connectivity index (χ1n) is 4.24. The molecule has 3 heteroatoms. The highest BCUT2D eigenvalue weighted by molar-refractivity contribution is 5.56. The monoisotopic (exact) mass is 173 g/mol. The Hall–Kier alpha value is -1.64. The van der Waals surface area contributed by atoms with Crippen molar-refractivity contribution in [3.05, 3.63) is 41.4 Å². The Labute approximate surface area is 77.2 Å². The smallest absolute Gasteiger partial charge is 0.0571 e. The first kappa shape index (κ1) is 7.98. The molecule has 0 fully saturated rings. The van der Waals surface area contributed by atoms with Crippen molar-refractivity contribution >= 4 is 6.08 Å². The molecule has 1 aliphatic carbocycles. The van der Waals surface area contributed by atoms with Crippen LogP contribution in [0.3, 0.4) is 0 Å². The van der Waals surface area contributed by atoms with E-state index in [2.05, 4.69) is 21.6 Å². The summed E-state index contributed by atoms with van der Waals surface area (Å²) in [5, 5.41) is 10.9. The Morgan fingerprint density at radius 3 is 3.00 bits per heavy atom. The van der Waals surface area contributed by atoms with Crippen molar-refractivity contribution in [2.45, 2.75) is 6.42 Å². The van der Waals surface area contributed by atoms with Crippen molar-refractivity contribution in [3.8, 4) is 0 Å². The molecule has 1 N–H and O–H groups in total. The molecule has 66 valence electrons. The van der Waals surface area contributed by atoms with Gasteiger partial charge in [-0.25, -0.2) is 0 Å². The van der Waals surface area contributed by atoms with Gasteiger partial charge in [0.2, 0.25) is 0 Å². The van der Waals surface area contributed by atoms with Crippen molar-refractivity contribution in [2.24, 2.45) is 0 Å². The molecule has 0 atom stereocenters. The fourth-order valence-corrected chi connectivity index (χ4v) is 1.36. The minimum absolute atomic E-state index is 0.897. The molecule has 1 aliphatic rings. The molecule has 0 aromatic carbocycles. The van der Waals surface area contributed by atoms with E-state index in [1.807, 2.05) is 25.4 Å². The maximum absolute atomic E-state index is 3.87. The molecule has 0 radical (unpaired) electrons. The van der Waals surface area contributed by atoms with Crippen LogP contribution in [0.4, 0.5) is 0 Å². The third-order valence-electron chi connectivity index (χ3n) is 2.12. The summed E-state index contributed by atoms with van der Waals surface area (Å²) in [6, 6.07) is 0. The van der Waals surface area contributed by atoms with Crippen LogP contribution in [0.25, 0.3) is 6.08 Å². The standard InChI is InChI=1S/C10H11N3/c1-11-10-4-2-3-8-6-12-13-7-9(8)5-10/h2-4,6-7,11H,5H2,1H3. The van der Waals surface area contributed by atoms with Gasteiger partial charge >= 0.3 is 0 Å². The number of hydrogen-bond donors (Lipinski definition) is 1. The summed E-state index contributed by atoms with van der Waals surface area (Å²) >= 11 is 0. The molecule has 0 saturated carbocycles. The maximum atomic E-state index is 3.87. The zero-order valence-corrected chi connectivity index (χ0v) is 7.49. The van der Waals surface area contributed by atoms with Crippen molar-refractivity contribution in [1.29, 1.82) is 0 Å². The summed E-state index contributed by atoms with van der Waals surface area (Å²) in [6.07, 6.45) is 10.6. The summed E-state index contributed by atoms with van der Waals surface area (Å²) < 4.78 is 0. The van der Waals surface area contributed by atoms with Gasteiger partial charge in [0.25, 0.3) is 0 Å². The van der Waals surface area contributed by atoms with Gasteiger partial charge in [-0.15, -0.1) is 0 Å². The maximum Gasteiger partial charge on any atom is 0.0571 e. The Morgan fingerprint density at radius 2 is 2.15 bits per heavy atom. The number of nitrogens with zero attached hydrogens (tertiary/aromatic N) is 2. The van der Waals surface area contributed by atoms with E-state index in [9.17, 15) is 0 Å². The van der Waals surface area contributed by atoms with Crippen molar-refractivity contribution in [2.75, 3.05) is 7.05 Å². The molecule has 0 amide bonds. The number of likely N-dealkylation sites (N-methyl/N-ethyl adjacent to an activating group) is 1. The molecule has 0 spiro atoms. The third kappa shape index (κ3) is 1.59. The quantitative estimate of drug-likeness (QED) is 0.692. The van der Waals surface area contributed by atoms with E-state index in [4.69, 9.17) is 0 Å². The van der Waals surface area contributed by atoms with E-state index in [-0.39, 0.29) is 0 Å². The third-order valence-corrected chi connectivity index (χ3v) is 2.12. The molecule has 1 heterocycles. The Bertz CT molecular complexity index is 366. The van der Waals surface area contributed by atoms with E-state index in [1.54, 1.807) is 6.20 Å². The van der Waals surface area contributed by atoms with Crippen molar-refractivity contribution in [1.82, 2.24) is 15.5 Å². The minimum Gasteiger partial charge on any atom is -0.391 e. The van der Waals surface area contributed by atoms with E-state index in [1.165, 1.54) is 11.3 Å². The van der Waals surface area contributed by atoms with Gasteiger partial charge in [-0.3, -0.25) is 0 Å². The lowest BCUT2D eigenvalue weighted by Crippen LogP contribution is -2.08. The van der Waals surface area contributed by atoms with Crippen LogP contribution in [0.5, 0.6) is 0 Å². The zero-order valence-electron chi connectivity index (χ0n) is 7.49. The molecular weight excluding hydrogens is 162 g/mol. The average Bonchev–Trinajstić information content (AvgIpc) is 2.38. The van der Waals surface area contributed by atoms with E-state index < -0.39 is 0 Å². The highest BCUT2D eigenvalue weighted by Gasteiger charge is 2.04. The Kier molecular flexibility index (Phi) is 2.08. The largest absolute Gasteiger partial charge is 0.391 e. The second-order valence-corrected chi connectivity index (χ2v) is 2.95. The predicted molar refractivity (Wildman–Crippen MR) is 51.9 cm³/mol. The first-order valence-corrected chi connectivity index (χ1v) is 4.24. The number of aromatic nitrogens is 2. The van der Waals surface area contributed by atoms with Crippen LogP contribution >= 0.6 is 0 Å². The zero-order chi connectivity index (χ0) is 9.10. The van der Waals surface area contributed by atoms with Crippen LogP contribution in [0.2, 0.25) is 0 Å². The topological polar surface area (TPSA) is 37.8 Å². The first-order chi connectivity index (χ1) is 6.40. The summed E-state index contributed by atoms with van der Waals surface area (Å²) in [7, 11) is 1.93. The summed E-state index contributed by atoms with van der Waals surface area (Å²) in [6.45, 7) is 0. The second-order valence-electron chi connectivity index (χ2n) is 2.95. The lowest BCUT2D eigenvalue weighted by atomic mass is 10.1. The number of hydrogen-bond acceptors (Lipinski definition) is 3. The minimum atomic E-state index is 0.897. The van der Waals surface area contributed by atoms with Crippen molar-refractivity contribution < 1.29 is 0 Å². The summed E-state index contributed by atoms with van der Waals surface area (Å²) in [5.41, 5.74) is 3.56. The van der Waals surface area contributed by atoms with Gasteiger partial charge in [0.05, 0.1) is 12.4 Å². The van der Waals surface area contributed by atoms with Gasteiger partial charge in [-0.1, -0.05) is 12.2 Å². The lowest BCUT2D eigenvalue weighted by molar-refractivity contribution is 0.903. The SMILES string of the molecule is CNC1=CC=Cc2cnncc2C1. The van der Waals surface area contributed by atoms with Crippen molar-refractivity contribution in [3.63, 3.8) is 0 Å². The Morgan fingerprint density at radius 1 is 1.31 bits per heavy atom. The molecule has 13 heavy (non-hydrogen) atoms. The predicted octanol–water partition coefficient (Wildman–Crippen LogP) is 1.15. The Balaban J connectivity index is 2.40. The van der Waals surface area contributed by atoms with E-state index >= 15 is 0 Å². The van der Waals surface area contributed by atoms with Crippen LogP contribution in [0, 0.1) is 0 Å². The number of fused-ring (bicyclic) bond motifs is 1. The van der Waals surface area contributed by atoms with Gasteiger partial charge in [-0.05, 0) is 17.2 Å². The fourth-order valence-electron chi connectivity index (χ4n) is 1.36. The highest BCUT2D eigenvalue weighted by atomic mass is 15.1.